The van der Waals surface area contributed by atoms with Crippen molar-refractivity contribution in [1.82, 2.24) is 9.21 Å². The number of amides is 1. The highest BCUT2D eigenvalue weighted by molar-refractivity contribution is 7.89. The summed E-state index contributed by atoms with van der Waals surface area (Å²) >= 11 is 7.86. The van der Waals surface area contributed by atoms with Gasteiger partial charge < -0.3 is 4.90 Å². The molecule has 1 amide bonds. The number of sulfonamides is 1. The summed E-state index contributed by atoms with van der Waals surface area (Å²) in [4.78, 5) is 15.9. The fourth-order valence-electron chi connectivity index (χ4n) is 2.63. The Morgan fingerprint density at radius 3 is 2.75 bits per heavy atom. The van der Waals surface area contributed by atoms with Gasteiger partial charge in [-0.1, -0.05) is 11.6 Å². The van der Waals surface area contributed by atoms with E-state index in [1.807, 2.05) is 11.4 Å². The van der Waals surface area contributed by atoms with E-state index < -0.39 is 10.0 Å². The Hall–Kier alpha value is -1.41. The first kappa shape index (κ1) is 17.4. The van der Waals surface area contributed by atoms with E-state index in [1.54, 1.807) is 16.2 Å². The van der Waals surface area contributed by atoms with Gasteiger partial charge in [0.2, 0.25) is 10.0 Å². The maximum Gasteiger partial charge on any atom is 0.255 e. The van der Waals surface area contributed by atoms with Crippen LogP contribution in [0.15, 0.2) is 34.5 Å². The molecule has 1 aliphatic heterocycles. The first-order valence-corrected chi connectivity index (χ1v) is 10.1. The normalized spacial score (nSPS) is 14.8. The number of hydrogen-bond donors (Lipinski definition) is 0. The van der Waals surface area contributed by atoms with E-state index in [0.29, 0.717) is 13.1 Å². The molecular formula is C16H17ClN2O3S2. The predicted molar refractivity (Wildman–Crippen MR) is 95.1 cm³/mol. The largest absolute Gasteiger partial charge is 0.334 e. The van der Waals surface area contributed by atoms with Gasteiger partial charge in [-0.15, -0.1) is 11.3 Å². The number of nitrogens with zero attached hydrogens (tertiary/aromatic N) is 2. The minimum atomic E-state index is -3.61. The van der Waals surface area contributed by atoms with Gasteiger partial charge in [0.1, 0.15) is 0 Å². The summed E-state index contributed by atoms with van der Waals surface area (Å²) in [5.41, 5.74) is 1.37. The topological polar surface area (TPSA) is 57.7 Å². The van der Waals surface area contributed by atoms with Crippen LogP contribution in [0.3, 0.4) is 0 Å². The lowest BCUT2D eigenvalue weighted by Gasteiger charge is -2.27. The van der Waals surface area contributed by atoms with Crippen LogP contribution in [0.25, 0.3) is 0 Å². The molecule has 0 radical (unpaired) electrons. The number of carbonyl (C=O) groups is 1. The lowest BCUT2D eigenvalue weighted by atomic mass is 10.1. The van der Waals surface area contributed by atoms with Gasteiger partial charge in [0.25, 0.3) is 5.91 Å². The molecule has 2 heterocycles. The summed E-state index contributed by atoms with van der Waals surface area (Å²) in [6.45, 7) is 1.13. The van der Waals surface area contributed by atoms with Gasteiger partial charge >= 0.3 is 0 Å². The van der Waals surface area contributed by atoms with Crippen LogP contribution < -0.4 is 0 Å². The lowest BCUT2D eigenvalue weighted by molar-refractivity contribution is 0.0736. The van der Waals surface area contributed by atoms with Crippen LogP contribution in [0.5, 0.6) is 0 Å². The van der Waals surface area contributed by atoms with Gasteiger partial charge in [-0.25, -0.2) is 12.7 Å². The summed E-state index contributed by atoms with van der Waals surface area (Å²) in [6.07, 6.45) is 0.812. The maximum absolute atomic E-state index is 12.8. The molecule has 1 aliphatic rings. The molecule has 0 atom stereocenters. The minimum absolute atomic E-state index is 0.0634. The second-order valence-electron chi connectivity index (χ2n) is 5.77. The second-order valence-corrected chi connectivity index (χ2v) is 9.33. The van der Waals surface area contributed by atoms with Gasteiger partial charge in [-0.3, -0.25) is 4.79 Å². The van der Waals surface area contributed by atoms with Crippen molar-refractivity contribution >= 4 is 38.9 Å². The number of benzene rings is 1. The Bertz CT molecular complexity index is 890. The summed E-state index contributed by atoms with van der Waals surface area (Å²) in [7, 11) is -0.709. The van der Waals surface area contributed by atoms with E-state index in [0.717, 1.165) is 16.3 Å². The highest BCUT2D eigenvalue weighted by atomic mass is 35.5. The van der Waals surface area contributed by atoms with Crippen LogP contribution >= 0.6 is 22.9 Å². The zero-order valence-corrected chi connectivity index (χ0v) is 15.7. The molecule has 128 valence electrons. The lowest BCUT2D eigenvalue weighted by Crippen LogP contribution is -2.35. The van der Waals surface area contributed by atoms with E-state index in [9.17, 15) is 13.2 Å². The molecule has 0 bridgehead atoms. The van der Waals surface area contributed by atoms with Crippen LogP contribution in [0.1, 0.15) is 20.8 Å². The summed E-state index contributed by atoms with van der Waals surface area (Å²) in [5.74, 6) is -0.243. The molecule has 24 heavy (non-hydrogen) atoms. The monoisotopic (exact) mass is 384 g/mol. The van der Waals surface area contributed by atoms with Gasteiger partial charge in [0, 0.05) is 32.1 Å². The van der Waals surface area contributed by atoms with Crippen LogP contribution in [-0.4, -0.2) is 44.2 Å². The van der Waals surface area contributed by atoms with Crippen molar-refractivity contribution in [2.75, 3.05) is 20.6 Å². The van der Waals surface area contributed by atoms with Crippen LogP contribution in [-0.2, 0) is 23.0 Å². The number of rotatable bonds is 3. The molecule has 0 saturated carbocycles. The Morgan fingerprint density at radius 1 is 1.29 bits per heavy atom. The number of hydrogen-bond acceptors (Lipinski definition) is 4. The first-order valence-electron chi connectivity index (χ1n) is 7.37. The fourth-order valence-corrected chi connectivity index (χ4v) is 4.65. The SMILES string of the molecule is CN(C)S(=O)(=O)c1ccc(Cl)c(C(=O)N2CCc3sccc3C2)c1. The van der Waals surface area contributed by atoms with E-state index in [4.69, 9.17) is 11.6 Å². The maximum atomic E-state index is 12.8. The highest BCUT2D eigenvalue weighted by Gasteiger charge is 2.26. The molecule has 5 nitrogen and oxygen atoms in total. The van der Waals surface area contributed by atoms with Gasteiger partial charge in [0.15, 0.2) is 0 Å². The van der Waals surface area contributed by atoms with Crippen molar-refractivity contribution in [3.8, 4) is 0 Å². The van der Waals surface area contributed by atoms with E-state index in [-0.39, 0.29) is 21.4 Å². The van der Waals surface area contributed by atoms with Crippen LogP contribution in [0, 0.1) is 0 Å². The molecule has 8 heteroatoms. The van der Waals surface area contributed by atoms with E-state index >= 15 is 0 Å². The van der Waals surface area contributed by atoms with E-state index in [2.05, 4.69) is 0 Å². The van der Waals surface area contributed by atoms with Crippen molar-refractivity contribution in [1.29, 1.82) is 0 Å². The van der Waals surface area contributed by atoms with Crippen molar-refractivity contribution < 1.29 is 13.2 Å². The molecule has 0 N–H and O–H groups in total. The molecule has 1 aromatic heterocycles. The molecule has 3 rings (SSSR count). The standard InChI is InChI=1S/C16H17ClN2O3S2/c1-18(2)24(21,22)12-3-4-14(17)13(9-12)16(20)19-7-5-15-11(10-19)6-8-23-15/h3-4,6,8-9H,5,7,10H2,1-2H3. The Kier molecular flexibility index (Phi) is 4.70. The Labute approximate surface area is 150 Å². The van der Waals surface area contributed by atoms with Crippen LogP contribution in [0.2, 0.25) is 5.02 Å². The molecule has 0 fully saturated rings. The molecule has 0 unspecified atom stereocenters. The third-order valence-electron chi connectivity index (χ3n) is 4.04. The Balaban J connectivity index is 1.93. The van der Waals surface area contributed by atoms with Gasteiger partial charge in [0.05, 0.1) is 15.5 Å². The van der Waals surface area contributed by atoms with E-state index in [1.165, 1.54) is 37.2 Å². The zero-order valence-electron chi connectivity index (χ0n) is 13.3. The molecule has 1 aromatic carbocycles. The molecular weight excluding hydrogens is 368 g/mol. The molecule has 0 spiro atoms. The smallest absolute Gasteiger partial charge is 0.255 e. The van der Waals surface area contributed by atoms with Crippen molar-refractivity contribution in [2.45, 2.75) is 17.9 Å². The van der Waals surface area contributed by atoms with Gasteiger partial charge in [-0.05, 0) is 41.6 Å². The first-order chi connectivity index (χ1) is 11.3. The number of thiophene rings is 1. The molecule has 2 aromatic rings. The third-order valence-corrected chi connectivity index (χ3v) is 7.21. The Morgan fingerprint density at radius 2 is 2.04 bits per heavy atom. The molecule has 0 saturated heterocycles. The fraction of sp³-hybridized carbons (Fsp3) is 0.312. The average Bonchev–Trinajstić information content (AvgIpc) is 3.01. The third kappa shape index (κ3) is 3.09. The quantitative estimate of drug-likeness (QED) is 0.817. The zero-order chi connectivity index (χ0) is 17.5. The summed E-state index contributed by atoms with van der Waals surface area (Å²) in [5, 5.41) is 2.28. The number of carbonyl (C=O) groups excluding carboxylic acids is 1. The van der Waals surface area contributed by atoms with Crippen LogP contribution in [0.4, 0.5) is 0 Å². The van der Waals surface area contributed by atoms with Gasteiger partial charge in [-0.2, -0.15) is 0 Å². The van der Waals surface area contributed by atoms with Crippen molar-refractivity contribution in [3.05, 3.63) is 50.7 Å². The van der Waals surface area contributed by atoms with Crippen molar-refractivity contribution in [2.24, 2.45) is 0 Å². The summed E-state index contributed by atoms with van der Waals surface area (Å²) in [6, 6.07) is 6.27. The average molecular weight is 385 g/mol. The number of halogens is 1. The summed E-state index contributed by atoms with van der Waals surface area (Å²) < 4.78 is 25.7. The minimum Gasteiger partial charge on any atom is -0.334 e. The number of fused-ring (bicyclic) bond motifs is 1. The highest BCUT2D eigenvalue weighted by Crippen LogP contribution is 2.28. The van der Waals surface area contributed by atoms with Crippen molar-refractivity contribution in [3.63, 3.8) is 0 Å². The predicted octanol–water partition coefficient (Wildman–Crippen LogP) is 2.85. The molecule has 0 aliphatic carbocycles. The second kappa shape index (κ2) is 6.48.